The van der Waals surface area contributed by atoms with Crippen molar-refractivity contribution < 1.29 is 0 Å². The monoisotopic (exact) mass is 276 g/mol. The molecule has 3 aromatic heterocycles. The largest absolute Gasteiger partial charge is 0.302 e. The Hall–Kier alpha value is -2.80. The van der Waals surface area contributed by atoms with E-state index in [4.69, 9.17) is 0 Å². The average molecular weight is 276 g/mol. The molecule has 0 atom stereocenters. The minimum absolute atomic E-state index is 0.876. The molecule has 0 saturated heterocycles. The fourth-order valence-electron chi connectivity index (χ4n) is 2.28. The third-order valence-electron chi connectivity index (χ3n) is 3.36. The fourth-order valence-corrected chi connectivity index (χ4v) is 2.28. The predicted octanol–water partition coefficient (Wildman–Crippen LogP) is 2.62. The maximum absolute atomic E-state index is 4.55. The molecular weight excluding hydrogens is 260 g/mol. The first-order valence-corrected chi connectivity index (χ1v) is 6.76. The zero-order valence-corrected chi connectivity index (χ0v) is 12.3. The molecule has 0 unspecified atom stereocenters. The summed E-state index contributed by atoms with van der Waals surface area (Å²) in [6, 6.07) is 10.0. The molecule has 0 saturated carbocycles. The van der Waals surface area contributed by atoms with Crippen molar-refractivity contribution in [3.05, 3.63) is 65.4 Å². The van der Waals surface area contributed by atoms with Gasteiger partial charge >= 0.3 is 0 Å². The van der Waals surface area contributed by atoms with Crippen molar-refractivity contribution in [2.45, 2.75) is 13.8 Å². The van der Waals surface area contributed by atoms with E-state index in [0.29, 0.717) is 0 Å². The van der Waals surface area contributed by atoms with E-state index in [1.54, 1.807) is 17.1 Å². The Kier molecular flexibility index (Phi) is 3.33. The molecule has 0 N–H and O–H groups in total. The topological polar surface area (TPSA) is 35.6 Å². The van der Waals surface area contributed by atoms with Crippen LogP contribution in [-0.2, 0) is 7.05 Å². The van der Waals surface area contributed by atoms with Crippen molar-refractivity contribution in [1.82, 2.24) is 19.3 Å². The maximum Gasteiger partial charge on any atom is 0.160 e. The Morgan fingerprint density at radius 3 is 2.48 bits per heavy atom. The van der Waals surface area contributed by atoms with Crippen LogP contribution in [0.25, 0.3) is 5.82 Å². The number of aromatic nitrogens is 4. The van der Waals surface area contributed by atoms with Gasteiger partial charge in [-0.1, -0.05) is 5.92 Å². The zero-order chi connectivity index (χ0) is 14.8. The van der Waals surface area contributed by atoms with Crippen molar-refractivity contribution in [2.75, 3.05) is 0 Å². The summed E-state index contributed by atoms with van der Waals surface area (Å²) >= 11 is 0. The second-order valence-corrected chi connectivity index (χ2v) is 4.95. The van der Waals surface area contributed by atoms with Gasteiger partial charge in [0.2, 0.25) is 0 Å². The normalized spacial score (nSPS) is 10.2. The first kappa shape index (κ1) is 13.2. The first-order valence-electron chi connectivity index (χ1n) is 6.76. The summed E-state index contributed by atoms with van der Waals surface area (Å²) in [6.07, 6.45) is 3.50. The van der Waals surface area contributed by atoms with Gasteiger partial charge in [0.05, 0.1) is 0 Å². The van der Waals surface area contributed by atoms with Crippen LogP contribution < -0.4 is 0 Å². The van der Waals surface area contributed by atoms with Crippen molar-refractivity contribution in [2.24, 2.45) is 7.05 Å². The van der Waals surface area contributed by atoms with Crippen LogP contribution in [0.3, 0.4) is 0 Å². The van der Waals surface area contributed by atoms with Gasteiger partial charge in [-0.3, -0.25) is 9.67 Å². The lowest BCUT2D eigenvalue weighted by molar-refractivity contribution is 0.737. The van der Waals surface area contributed by atoms with Gasteiger partial charge in [-0.25, -0.2) is 0 Å². The second-order valence-electron chi connectivity index (χ2n) is 4.95. The molecule has 21 heavy (non-hydrogen) atoms. The summed E-state index contributed by atoms with van der Waals surface area (Å²) < 4.78 is 3.92. The van der Waals surface area contributed by atoms with Crippen LogP contribution in [0, 0.1) is 25.7 Å². The number of hydrogen-bond donors (Lipinski definition) is 0. The number of rotatable bonds is 1. The molecule has 3 aromatic rings. The number of hydrogen-bond acceptors (Lipinski definition) is 2. The van der Waals surface area contributed by atoms with E-state index in [0.717, 1.165) is 28.5 Å². The quantitative estimate of drug-likeness (QED) is 0.640. The van der Waals surface area contributed by atoms with E-state index in [-0.39, 0.29) is 0 Å². The van der Waals surface area contributed by atoms with E-state index < -0.39 is 0 Å². The average Bonchev–Trinajstić information content (AvgIpc) is 3.00. The molecule has 0 aliphatic heterocycles. The van der Waals surface area contributed by atoms with Gasteiger partial charge in [0, 0.05) is 42.5 Å². The fraction of sp³-hybridized carbons (Fsp3) is 0.176. The molecular formula is C17H16N4. The third-order valence-corrected chi connectivity index (χ3v) is 3.36. The van der Waals surface area contributed by atoms with E-state index in [1.165, 1.54) is 0 Å². The number of nitrogens with zero attached hydrogens (tertiary/aromatic N) is 4. The highest BCUT2D eigenvalue weighted by atomic mass is 15.3. The van der Waals surface area contributed by atoms with E-state index >= 15 is 0 Å². The van der Waals surface area contributed by atoms with Crippen molar-refractivity contribution in [1.29, 1.82) is 0 Å². The molecule has 0 spiro atoms. The Morgan fingerprint density at radius 1 is 1.05 bits per heavy atom. The Bertz CT molecular complexity index is 809. The lowest BCUT2D eigenvalue weighted by Gasteiger charge is -2.03. The maximum atomic E-state index is 4.55. The summed E-state index contributed by atoms with van der Waals surface area (Å²) in [5.74, 6) is 7.15. The standard InChI is InChI=1S/C17H16N4/c1-13-6-7-14(2)21(13)17-11-16(20(3)19-17)9-8-15-5-4-10-18-12-15/h4-7,10-12H,1-3H3. The lowest BCUT2D eigenvalue weighted by Crippen LogP contribution is -2.00. The molecule has 0 aliphatic carbocycles. The van der Waals surface area contributed by atoms with Crippen LogP contribution in [0.4, 0.5) is 0 Å². The summed E-state index contributed by atoms with van der Waals surface area (Å²) in [7, 11) is 1.91. The van der Waals surface area contributed by atoms with E-state index in [1.807, 2.05) is 25.2 Å². The minimum Gasteiger partial charge on any atom is -0.302 e. The highest BCUT2D eigenvalue weighted by molar-refractivity contribution is 5.43. The van der Waals surface area contributed by atoms with Gasteiger partial charge in [0.25, 0.3) is 0 Å². The van der Waals surface area contributed by atoms with Gasteiger partial charge in [0.1, 0.15) is 5.69 Å². The van der Waals surface area contributed by atoms with Crippen LogP contribution in [0.2, 0.25) is 0 Å². The smallest absolute Gasteiger partial charge is 0.160 e. The van der Waals surface area contributed by atoms with Crippen LogP contribution >= 0.6 is 0 Å². The summed E-state index contributed by atoms with van der Waals surface area (Å²) in [4.78, 5) is 4.06. The molecule has 0 bridgehead atoms. The van der Waals surface area contributed by atoms with E-state index in [2.05, 4.69) is 52.5 Å². The lowest BCUT2D eigenvalue weighted by atomic mass is 10.3. The second kappa shape index (κ2) is 5.29. The van der Waals surface area contributed by atoms with Gasteiger partial charge in [-0.2, -0.15) is 5.10 Å². The van der Waals surface area contributed by atoms with Crippen LogP contribution in [0.5, 0.6) is 0 Å². The first-order chi connectivity index (χ1) is 10.1. The van der Waals surface area contributed by atoms with Crippen molar-refractivity contribution in [3.63, 3.8) is 0 Å². The minimum atomic E-state index is 0.876. The van der Waals surface area contributed by atoms with Gasteiger partial charge in [-0.15, -0.1) is 0 Å². The Balaban J connectivity index is 1.98. The summed E-state index contributed by atoms with van der Waals surface area (Å²) in [6.45, 7) is 4.14. The Morgan fingerprint density at radius 2 is 1.81 bits per heavy atom. The molecule has 0 amide bonds. The predicted molar refractivity (Wildman–Crippen MR) is 82.2 cm³/mol. The molecule has 0 aliphatic rings. The molecule has 3 heterocycles. The van der Waals surface area contributed by atoms with Crippen LogP contribution in [-0.4, -0.2) is 19.3 Å². The van der Waals surface area contributed by atoms with Crippen molar-refractivity contribution in [3.8, 4) is 17.7 Å². The molecule has 4 nitrogen and oxygen atoms in total. The van der Waals surface area contributed by atoms with Gasteiger partial charge in [0.15, 0.2) is 5.82 Å². The highest BCUT2D eigenvalue weighted by Crippen LogP contribution is 2.15. The summed E-state index contributed by atoms with van der Waals surface area (Å²) in [5, 5.41) is 4.55. The number of pyridine rings is 1. The number of aryl methyl sites for hydroxylation is 3. The molecule has 104 valence electrons. The van der Waals surface area contributed by atoms with Gasteiger partial charge in [-0.05, 0) is 44.0 Å². The molecule has 3 rings (SSSR count). The summed E-state index contributed by atoms with van der Waals surface area (Å²) in [5.41, 5.74) is 4.10. The highest BCUT2D eigenvalue weighted by Gasteiger charge is 2.09. The Labute approximate surface area is 124 Å². The zero-order valence-electron chi connectivity index (χ0n) is 12.3. The SMILES string of the molecule is Cc1ccc(C)n1-c1cc(C#Cc2cccnc2)n(C)n1. The molecule has 4 heteroatoms. The van der Waals surface area contributed by atoms with Crippen LogP contribution in [0.15, 0.2) is 42.7 Å². The van der Waals surface area contributed by atoms with E-state index in [9.17, 15) is 0 Å². The molecule has 0 fully saturated rings. The third kappa shape index (κ3) is 2.59. The van der Waals surface area contributed by atoms with Crippen LogP contribution in [0.1, 0.15) is 22.6 Å². The van der Waals surface area contributed by atoms with Crippen molar-refractivity contribution >= 4 is 0 Å². The van der Waals surface area contributed by atoms with Gasteiger partial charge < -0.3 is 4.57 Å². The molecule has 0 radical (unpaired) electrons. The molecule has 0 aromatic carbocycles.